The zero-order valence-electron chi connectivity index (χ0n) is 25.7. The Bertz CT molecular complexity index is 1830. The molecule has 2 N–H and O–H groups in total. The molecule has 9 nitrogen and oxygen atoms in total. The van der Waals surface area contributed by atoms with Crippen molar-refractivity contribution in [1.29, 1.82) is 0 Å². The molecule has 0 radical (unpaired) electrons. The van der Waals surface area contributed by atoms with Crippen LogP contribution in [0.25, 0.3) is 0 Å². The Morgan fingerprint density at radius 1 is 0.851 bits per heavy atom. The number of benzene rings is 4. The van der Waals surface area contributed by atoms with Crippen molar-refractivity contribution in [3.8, 4) is 17.2 Å². The van der Waals surface area contributed by atoms with Crippen molar-refractivity contribution in [1.82, 2.24) is 10.6 Å². The molecule has 0 saturated heterocycles. The Morgan fingerprint density at radius 2 is 1.53 bits per heavy atom. The third-order valence-electron chi connectivity index (χ3n) is 7.38. The molecule has 0 saturated carbocycles. The highest BCUT2D eigenvalue weighted by molar-refractivity contribution is 7.90. The first-order valence-electron chi connectivity index (χ1n) is 15.1. The summed E-state index contributed by atoms with van der Waals surface area (Å²) in [5, 5.41) is 4.01. The van der Waals surface area contributed by atoms with Crippen molar-refractivity contribution in [3.63, 3.8) is 0 Å². The van der Waals surface area contributed by atoms with Gasteiger partial charge in [0.05, 0.1) is 6.04 Å². The molecule has 0 unspecified atom stereocenters. The zero-order chi connectivity index (χ0) is 33.2. The minimum Gasteiger partial charge on any atom is -0.486 e. The number of halogens is 1. The van der Waals surface area contributed by atoms with Crippen molar-refractivity contribution in [3.05, 3.63) is 137 Å². The number of carbonyl (C=O) groups excluding carboxylic acids is 2. The summed E-state index contributed by atoms with van der Waals surface area (Å²) in [6, 6.07) is 27.0. The van der Waals surface area contributed by atoms with Gasteiger partial charge in [0.1, 0.15) is 25.0 Å². The second-order valence-electron chi connectivity index (χ2n) is 11.0. The highest BCUT2D eigenvalue weighted by Crippen LogP contribution is 2.30. The minimum atomic E-state index is -4.81. The number of para-hydroxylation sites is 1. The topological polar surface area (TPSA) is 120 Å². The fraction of sp³-hybridized carbons (Fsp3) is 0.222. The highest BCUT2D eigenvalue weighted by Gasteiger charge is 2.27. The summed E-state index contributed by atoms with van der Waals surface area (Å²) in [6.07, 6.45) is 1.51. The number of rotatable bonds is 13. The van der Waals surface area contributed by atoms with Crippen LogP contribution in [-0.4, -0.2) is 45.5 Å². The second-order valence-corrected chi connectivity index (χ2v) is 12.5. The molecule has 1 aliphatic rings. The molecular weight excluding hydrogens is 623 g/mol. The van der Waals surface area contributed by atoms with Gasteiger partial charge in [0, 0.05) is 12.0 Å². The third-order valence-corrected chi connectivity index (χ3v) is 8.41. The second kappa shape index (κ2) is 15.4. The van der Waals surface area contributed by atoms with Gasteiger partial charge in [0.2, 0.25) is 5.91 Å². The molecular formula is C36H35FN2O7S. The molecule has 0 spiro atoms. The summed E-state index contributed by atoms with van der Waals surface area (Å²) < 4.78 is 57.0. The standard InChI is InChI=1S/C36H35FN2O7S/c1-25-9-8-12-27(21-25)22-31(39-35(40)28-16-18-32-33(23-28)45-20-19-44-32)36(41)38-29(17-15-26-10-4-2-5-11-26)24-34(37)47(42,43)46-30-13-6-3-7-14-30/h2-14,16,18,21,23-24,29,31H,15,17,19-20,22H2,1H3,(H,38,41)(H,39,40)/b34-24+/t29-,31-/m0/s1. The number of carbonyl (C=O) groups is 2. The quantitative estimate of drug-likeness (QED) is 0.184. The summed E-state index contributed by atoms with van der Waals surface area (Å²) in [7, 11) is -4.81. The van der Waals surface area contributed by atoms with Gasteiger partial charge >= 0.3 is 10.1 Å². The van der Waals surface area contributed by atoms with E-state index in [4.69, 9.17) is 13.7 Å². The molecule has 5 rings (SSSR count). The smallest absolute Gasteiger partial charge is 0.366 e. The van der Waals surface area contributed by atoms with E-state index in [-0.39, 0.29) is 24.2 Å². The van der Waals surface area contributed by atoms with Gasteiger partial charge in [0.15, 0.2) is 11.5 Å². The molecule has 0 bridgehead atoms. The van der Waals surface area contributed by atoms with Gasteiger partial charge in [-0.3, -0.25) is 9.59 Å². The summed E-state index contributed by atoms with van der Waals surface area (Å²) in [6.45, 7) is 2.66. The van der Waals surface area contributed by atoms with E-state index in [1.54, 1.807) is 36.4 Å². The summed E-state index contributed by atoms with van der Waals surface area (Å²) in [5.41, 5.74) is 2.92. The van der Waals surface area contributed by atoms with Gasteiger partial charge in [-0.05, 0) is 67.3 Å². The van der Waals surface area contributed by atoms with Gasteiger partial charge in [-0.1, -0.05) is 78.4 Å². The normalized spacial score (nSPS) is 14.0. The molecule has 244 valence electrons. The van der Waals surface area contributed by atoms with Crippen molar-refractivity contribution in [2.24, 2.45) is 0 Å². The van der Waals surface area contributed by atoms with E-state index in [9.17, 15) is 18.0 Å². The van der Waals surface area contributed by atoms with Crippen LogP contribution in [0.5, 0.6) is 17.2 Å². The Labute approximate surface area is 273 Å². The van der Waals surface area contributed by atoms with Crippen LogP contribution in [0.4, 0.5) is 4.39 Å². The van der Waals surface area contributed by atoms with E-state index >= 15 is 4.39 Å². The van der Waals surface area contributed by atoms with E-state index < -0.39 is 39.2 Å². The molecule has 0 aromatic heterocycles. The van der Waals surface area contributed by atoms with Crippen molar-refractivity contribution in [2.75, 3.05) is 13.2 Å². The number of amides is 2. The van der Waals surface area contributed by atoms with Crippen LogP contribution in [0.1, 0.15) is 33.5 Å². The number of nitrogens with one attached hydrogen (secondary N) is 2. The molecule has 2 amide bonds. The Morgan fingerprint density at radius 3 is 2.26 bits per heavy atom. The van der Waals surface area contributed by atoms with E-state index in [0.29, 0.717) is 31.1 Å². The SMILES string of the molecule is Cc1cccc(C[C@H](NC(=O)c2ccc3c(c2)OCCO3)C(=O)N[C@H](/C=C(\F)S(=O)(=O)Oc2ccccc2)CCc2ccccc2)c1. The Balaban J connectivity index is 1.39. The molecule has 2 atom stereocenters. The van der Waals surface area contributed by atoms with Crippen molar-refractivity contribution < 1.29 is 36.1 Å². The third kappa shape index (κ3) is 9.43. The van der Waals surface area contributed by atoms with Gasteiger partial charge in [-0.15, -0.1) is 0 Å². The summed E-state index contributed by atoms with van der Waals surface area (Å²) in [5.74, 6) is -0.273. The van der Waals surface area contributed by atoms with Crippen LogP contribution in [-0.2, 0) is 27.8 Å². The van der Waals surface area contributed by atoms with Crippen LogP contribution < -0.4 is 24.3 Å². The molecule has 4 aromatic carbocycles. The number of hydrogen-bond acceptors (Lipinski definition) is 7. The maximum Gasteiger partial charge on any atom is 0.366 e. The molecule has 1 heterocycles. The fourth-order valence-corrected chi connectivity index (χ4v) is 5.82. The lowest BCUT2D eigenvalue weighted by Gasteiger charge is -2.23. The number of ether oxygens (including phenoxy) is 2. The maximum atomic E-state index is 15.4. The average Bonchev–Trinajstić information content (AvgIpc) is 3.07. The largest absolute Gasteiger partial charge is 0.486 e. The van der Waals surface area contributed by atoms with Gasteiger partial charge < -0.3 is 24.3 Å². The summed E-state index contributed by atoms with van der Waals surface area (Å²) in [4.78, 5) is 27.3. The molecule has 47 heavy (non-hydrogen) atoms. The van der Waals surface area contributed by atoms with Crippen LogP contribution in [0.15, 0.2) is 114 Å². The average molecular weight is 659 g/mol. The maximum absolute atomic E-state index is 15.4. The van der Waals surface area contributed by atoms with Gasteiger partial charge in [0.25, 0.3) is 11.1 Å². The fourth-order valence-electron chi connectivity index (χ4n) is 5.04. The monoisotopic (exact) mass is 658 g/mol. The predicted molar refractivity (Wildman–Crippen MR) is 175 cm³/mol. The first-order chi connectivity index (χ1) is 22.7. The van der Waals surface area contributed by atoms with Crippen LogP contribution in [0.2, 0.25) is 0 Å². The van der Waals surface area contributed by atoms with Crippen LogP contribution in [0.3, 0.4) is 0 Å². The van der Waals surface area contributed by atoms with Crippen LogP contribution in [0, 0.1) is 6.92 Å². The van der Waals surface area contributed by atoms with E-state index in [1.807, 2.05) is 61.5 Å². The molecule has 0 aliphatic carbocycles. The minimum absolute atomic E-state index is 0.0546. The van der Waals surface area contributed by atoms with Crippen molar-refractivity contribution in [2.45, 2.75) is 38.3 Å². The summed E-state index contributed by atoms with van der Waals surface area (Å²) >= 11 is 0. The Kier molecular flexibility index (Phi) is 10.9. The zero-order valence-corrected chi connectivity index (χ0v) is 26.5. The lowest BCUT2D eigenvalue weighted by Crippen LogP contribution is -2.50. The predicted octanol–water partition coefficient (Wildman–Crippen LogP) is 5.44. The molecule has 1 aliphatic heterocycles. The number of fused-ring (bicyclic) bond motifs is 1. The molecule has 0 fully saturated rings. The highest BCUT2D eigenvalue weighted by atomic mass is 32.2. The van der Waals surface area contributed by atoms with Gasteiger partial charge in [-0.2, -0.15) is 12.8 Å². The first-order valence-corrected chi connectivity index (χ1v) is 16.5. The number of hydrogen-bond donors (Lipinski definition) is 2. The van der Waals surface area contributed by atoms with Crippen LogP contribution >= 0.6 is 0 Å². The molecule has 4 aromatic rings. The lowest BCUT2D eigenvalue weighted by molar-refractivity contribution is -0.123. The number of aryl methyl sites for hydroxylation is 2. The lowest BCUT2D eigenvalue weighted by atomic mass is 10.0. The van der Waals surface area contributed by atoms with E-state index in [1.165, 1.54) is 12.1 Å². The van der Waals surface area contributed by atoms with E-state index in [0.717, 1.165) is 22.8 Å². The first kappa shape index (κ1) is 33.2. The van der Waals surface area contributed by atoms with E-state index in [2.05, 4.69) is 10.6 Å². The van der Waals surface area contributed by atoms with Crippen molar-refractivity contribution >= 4 is 21.9 Å². The van der Waals surface area contributed by atoms with Gasteiger partial charge in [-0.25, -0.2) is 0 Å². The molecule has 11 heteroatoms. The Hall–Kier alpha value is -5.16.